The first-order valence-electron chi connectivity index (χ1n) is 7.00. The first kappa shape index (κ1) is 18.5. The van der Waals surface area contributed by atoms with E-state index in [4.69, 9.17) is 0 Å². The largest absolute Gasteiger partial charge is 0.358 e. The predicted molar refractivity (Wildman–Crippen MR) is 97.2 cm³/mol. The second-order valence-corrected chi connectivity index (χ2v) is 5.06. The fourth-order valence-corrected chi connectivity index (χ4v) is 2.61. The molecule has 0 atom stereocenters. The Kier molecular flexibility index (Phi) is 7.39. The Balaban J connectivity index is 0.00000121. The highest BCUT2D eigenvalue weighted by Crippen LogP contribution is 2.21. The van der Waals surface area contributed by atoms with E-state index in [2.05, 4.69) is 52.5 Å². The number of hydrogen-bond acceptors (Lipinski definition) is 2. The van der Waals surface area contributed by atoms with E-state index in [1.54, 1.807) is 6.20 Å². The van der Waals surface area contributed by atoms with Crippen LogP contribution in [-0.2, 0) is 13.0 Å². The molecule has 0 spiro atoms. The lowest BCUT2D eigenvalue weighted by atomic mass is 10.1. The summed E-state index contributed by atoms with van der Waals surface area (Å²) in [4.78, 5) is 7.57. The normalized spacial score (nSPS) is 10.0. The Bertz CT molecular complexity index is 695. The number of nitrogens with zero attached hydrogens (tertiary/aromatic N) is 1. The van der Waals surface area contributed by atoms with Crippen molar-refractivity contribution < 1.29 is 0 Å². The lowest BCUT2D eigenvalue weighted by Crippen LogP contribution is -2.16. The molecule has 3 nitrogen and oxygen atoms in total. The van der Waals surface area contributed by atoms with Gasteiger partial charge in [0.05, 0.1) is 0 Å². The number of aromatic amines is 1. The molecule has 2 heterocycles. The van der Waals surface area contributed by atoms with Crippen LogP contribution in [0.1, 0.15) is 16.8 Å². The molecular formula is C17H21Cl2N3. The second-order valence-electron chi connectivity index (χ2n) is 5.06. The number of halogens is 2. The van der Waals surface area contributed by atoms with Crippen molar-refractivity contribution >= 4 is 35.7 Å². The van der Waals surface area contributed by atoms with Gasteiger partial charge in [0, 0.05) is 35.5 Å². The first-order valence-corrected chi connectivity index (χ1v) is 7.00. The van der Waals surface area contributed by atoms with Crippen molar-refractivity contribution in [2.24, 2.45) is 0 Å². The van der Waals surface area contributed by atoms with Gasteiger partial charge in [0.1, 0.15) is 0 Å². The molecule has 1 aromatic carbocycles. The number of para-hydroxylation sites is 1. The number of pyridine rings is 1. The highest BCUT2D eigenvalue weighted by molar-refractivity contribution is 5.86. The molecule has 0 fully saturated rings. The summed E-state index contributed by atoms with van der Waals surface area (Å²) in [5.41, 5.74) is 5.14. The van der Waals surface area contributed by atoms with E-state index in [1.807, 2.05) is 12.3 Å². The van der Waals surface area contributed by atoms with Crippen LogP contribution in [0.15, 0.2) is 48.8 Å². The van der Waals surface area contributed by atoms with Crippen LogP contribution >= 0.6 is 24.8 Å². The number of nitrogens with one attached hydrogen (secondary N) is 2. The quantitative estimate of drug-likeness (QED) is 0.689. The molecule has 3 rings (SSSR count). The van der Waals surface area contributed by atoms with Crippen molar-refractivity contribution in [2.45, 2.75) is 19.9 Å². The second kappa shape index (κ2) is 8.79. The van der Waals surface area contributed by atoms with E-state index in [1.165, 1.54) is 27.7 Å². The number of hydrogen-bond donors (Lipinski definition) is 2. The van der Waals surface area contributed by atoms with E-state index in [9.17, 15) is 0 Å². The molecule has 22 heavy (non-hydrogen) atoms. The SMILES string of the molecule is Cc1[nH]c2ccccc2c1CCNCc1cccnc1.Cl.Cl. The van der Waals surface area contributed by atoms with Gasteiger partial charge in [-0.3, -0.25) is 4.98 Å². The Morgan fingerprint density at radius 1 is 1.09 bits per heavy atom. The molecule has 2 aromatic heterocycles. The van der Waals surface area contributed by atoms with Gasteiger partial charge in [0.25, 0.3) is 0 Å². The maximum Gasteiger partial charge on any atom is 0.0458 e. The number of H-pyrrole nitrogens is 1. The Morgan fingerprint density at radius 3 is 2.68 bits per heavy atom. The van der Waals surface area contributed by atoms with Gasteiger partial charge in [-0.25, -0.2) is 0 Å². The molecule has 0 saturated carbocycles. The molecule has 0 unspecified atom stereocenters. The van der Waals surface area contributed by atoms with Gasteiger partial charge in [0.15, 0.2) is 0 Å². The van der Waals surface area contributed by atoms with Gasteiger partial charge < -0.3 is 10.3 Å². The number of fused-ring (bicyclic) bond motifs is 1. The maximum atomic E-state index is 4.12. The van der Waals surface area contributed by atoms with Crippen LogP contribution in [0.4, 0.5) is 0 Å². The average molecular weight is 338 g/mol. The van der Waals surface area contributed by atoms with Crippen LogP contribution in [0, 0.1) is 6.92 Å². The van der Waals surface area contributed by atoms with Crippen molar-refractivity contribution in [2.75, 3.05) is 6.54 Å². The highest BCUT2D eigenvalue weighted by atomic mass is 35.5. The summed E-state index contributed by atoms with van der Waals surface area (Å²) in [7, 11) is 0. The summed E-state index contributed by atoms with van der Waals surface area (Å²) in [5.74, 6) is 0. The fourth-order valence-electron chi connectivity index (χ4n) is 2.61. The van der Waals surface area contributed by atoms with E-state index >= 15 is 0 Å². The number of rotatable bonds is 5. The maximum absolute atomic E-state index is 4.12. The zero-order chi connectivity index (χ0) is 13.8. The van der Waals surface area contributed by atoms with Gasteiger partial charge in [-0.05, 0) is 43.1 Å². The summed E-state index contributed by atoms with van der Waals surface area (Å²) >= 11 is 0. The number of aryl methyl sites for hydroxylation is 1. The molecule has 0 amide bonds. The minimum absolute atomic E-state index is 0. The summed E-state index contributed by atoms with van der Waals surface area (Å²) in [6, 6.07) is 12.6. The zero-order valence-electron chi connectivity index (χ0n) is 12.5. The third-order valence-corrected chi connectivity index (χ3v) is 3.63. The van der Waals surface area contributed by atoms with Crippen molar-refractivity contribution in [3.05, 3.63) is 65.6 Å². The van der Waals surface area contributed by atoms with Crippen molar-refractivity contribution in [3.8, 4) is 0 Å². The Morgan fingerprint density at radius 2 is 1.91 bits per heavy atom. The third kappa shape index (κ3) is 4.23. The van der Waals surface area contributed by atoms with E-state index in [0.717, 1.165) is 19.5 Å². The molecule has 0 aliphatic rings. The third-order valence-electron chi connectivity index (χ3n) is 3.63. The van der Waals surface area contributed by atoms with Crippen LogP contribution in [-0.4, -0.2) is 16.5 Å². The number of aromatic nitrogens is 2. The zero-order valence-corrected chi connectivity index (χ0v) is 14.1. The lowest BCUT2D eigenvalue weighted by Gasteiger charge is -2.05. The summed E-state index contributed by atoms with van der Waals surface area (Å²) in [6.07, 6.45) is 4.75. The average Bonchev–Trinajstić information content (AvgIpc) is 2.80. The van der Waals surface area contributed by atoms with Crippen molar-refractivity contribution in [1.29, 1.82) is 0 Å². The summed E-state index contributed by atoms with van der Waals surface area (Å²) in [5, 5.41) is 4.82. The van der Waals surface area contributed by atoms with Gasteiger partial charge in [-0.1, -0.05) is 24.3 Å². The topological polar surface area (TPSA) is 40.7 Å². The lowest BCUT2D eigenvalue weighted by molar-refractivity contribution is 0.685. The van der Waals surface area contributed by atoms with Crippen molar-refractivity contribution in [3.63, 3.8) is 0 Å². The fraction of sp³-hybridized carbons (Fsp3) is 0.235. The highest BCUT2D eigenvalue weighted by Gasteiger charge is 2.06. The van der Waals surface area contributed by atoms with Crippen LogP contribution in [0.3, 0.4) is 0 Å². The van der Waals surface area contributed by atoms with Crippen molar-refractivity contribution in [1.82, 2.24) is 15.3 Å². The summed E-state index contributed by atoms with van der Waals surface area (Å²) < 4.78 is 0. The van der Waals surface area contributed by atoms with Gasteiger partial charge in [0.2, 0.25) is 0 Å². The minimum atomic E-state index is 0. The molecule has 0 radical (unpaired) electrons. The summed E-state index contributed by atoms with van der Waals surface area (Å²) in [6.45, 7) is 3.99. The van der Waals surface area contributed by atoms with E-state index < -0.39 is 0 Å². The standard InChI is InChI=1S/C17H19N3.2ClH/c1-13-15(16-6-2-3-7-17(16)20-13)8-10-19-12-14-5-4-9-18-11-14;;/h2-7,9,11,19-20H,8,10,12H2,1H3;2*1H. The minimum Gasteiger partial charge on any atom is -0.358 e. The van der Waals surface area contributed by atoms with E-state index in [-0.39, 0.29) is 24.8 Å². The number of benzene rings is 1. The molecule has 5 heteroatoms. The Hall–Kier alpha value is -1.55. The molecule has 0 aliphatic heterocycles. The predicted octanol–water partition coefficient (Wildman–Crippen LogP) is 4.05. The molecule has 118 valence electrons. The molecule has 3 aromatic rings. The smallest absolute Gasteiger partial charge is 0.0458 e. The van der Waals surface area contributed by atoms with E-state index in [0.29, 0.717) is 0 Å². The molecule has 0 bridgehead atoms. The van der Waals surface area contributed by atoms with Gasteiger partial charge >= 0.3 is 0 Å². The molecular weight excluding hydrogens is 317 g/mol. The van der Waals surface area contributed by atoms with Crippen LogP contribution in [0.5, 0.6) is 0 Å². The van der Waals surface area contributed by atoms with Gasteiger partial charge in [-0.15, -0.1) is 24.8 Å². The monoisotopic (exact) mass is 337 g/mol. The van der Waals surface area contributed by atoms with Crippen LogP contribution in [0.2, 0.25) is 0 Å². The Labute approximate surface area is 143 Å². The molecule has 0 aliphatic carbocycles. The van der Waals surface area contributed by atoms with Gasteiger partial charge in [-0.2, -0.15) is 0 Å². The van der Waals surface area contributed by atoms with Crippen LogP contribution < -0.4 is 5.32 Å². The molecule has 2 N–H and O–H groups in total. The first-order chi connectivity index (χ1) is 9.84. The molecule has 0 saturated heterocycles. The van der Waals surface area contributed by atoms with Crippen LogP contribution in [0.25, 0.3) is 10.9 Å².